The number of rotatable bonds is 4. The summed E-state index contributed by atoms with van der Waals surface area (Å²) in [6.45, 7) is 3.28. The maximum Gasteiger partial charge on any atom is 0.177 e. The van der Waals surface area contributed by atoms with E-state index < -0.39 is 0 Å². The first-order valence-corrected chi connectivity index (χ1v) is 8.75. The van der Waals surface area contributed by atoms with Crippen LogP contribution in [0.25, 0.3) is 10.6 Å². The minimum absolute atomic E-state index is 0.0797. The molecule has 5 nitrogen and oxygen atoms in total. The molecule has 0 N–H and O–H groups in total. The summed E-state index contributed by atoms with van der Waals surface area (Å²) in [6.07, 6.45) is 3.51. The molecule has 6 heteroatoms. The predicted octanol–water partition coefficient (Wildman–Crippen LogP) is 3.13. The van der Waals surface area contributed by atoms with E-state index in [1.165, 1.54) is 12.8 Å². The molecule has 4 heterocycles. The van der Waals surface area contributed by atoms with Crippen LogP contribution in [0.3, 0.4) is 0 Å². The van der Waals surface area contributed by atoms with E-state index in [-0.39, 0.29) is 6.29 Å². The molecule has 2 aliphatic rings. The topological polar surface area (TPSA) is 47.7 Å². The molecular weight excluding hydrogens is 300 g/mol. The molecule has 118 valence electrons. The molecule has 2 aliphatic heterocycles. The molecule has 0 saturated carbocycles. The lowest BCUT2D eigenvalue weighted by molar-refractivity contribution is -0.111. The van der Waals surface area contributed by atoms with Gasteiger partial charge in [-0.2, -0.15) is 0 Å². The van der Waals surface area contributed by atoms with Gasteiger partial charge in [0, 0.05) is 12.6 Å². The maximum atomic E-state index is 5.72. The zero-order valence-corrected chi connectivity index (χ0v) is 13.3. The van der Waals surface area contributed by atoms with Gasteiger partial charge in [-0.1, -0.05) is 17.6 Å². The normalized spacial score (nSPS) is 24.1. The first-order valence-electron chi connectivity index (χ1n) is 7.87. The lowest BCUT2D eigenvalue weighted by Gasteiger charge is -2.37. The van der Waals surface area contributed by atoms with Crippen molar-refractivity contribution in [2.75, 3.05) is 19.8 Å². The zero-order chi connectivity index (χ0) is 14.8. The van der Waals surface area contributed by atoms with Crippen LogP contribution in [0.1, 0.15) is 25.0 Å². The number of hydrogen-bond acceptors (Lipinski definition) is 6. The van der Waals surface area contributed by atoms with Crippen LogP contribution < -0.4 is 0 Å². The van der Waals surface area contributed by atoms with E-state index in [1.807, 2.05) is 17.5 Å². The molecule has 2 fully saturated rings. The summed E-state index contributed by atoms with van der Waals surface area (Å²) in [5.74, 6) is 0.854. The summed E-state index contributed by atoms with van der Waals surface area (Å²) < 4.78 is 16.9. The van der Waals surface area contributed by atoms with Crippen molar-refractivity contribution >= 4 is 11.3 Å². The third-order valence-corrected chi connectivity index (χ3v) is 5.20. The van der Waals surface area contributed by atoms with Gasteiger partial charge in [0.2, 0.25) is 0 Å². The van der Waals surface area contributed by atoms with Crippen molar-refractivity contribution in [2.45, 2.75) is 38.1 Å². The highest BCUT2D eigenvalue weighted by Crippen LogP contribution is 2.28. The average Bonchev–Trinajstić information content (AvgIpc) is 3.30. The van der Waals surface area contributed by atoms with E-state index >= 15 is 0 Å². The third-order valence-electron chi connectivity index (χ3n) is 4.31. The van der Waals surface area contributed by atoms with Crippen LogP contribution in [0.2, 0.25) is 0 Å². The van der Waals surface area contributed by atoms with E-state index in [1.54, 1.807) is 11.3 Å². The monoisotopic (exact) mass is 320 g/mol. The van der Waals surface area contributed by atoms with Crippen LogP contribution >= 0.6 is 11.3 Å². The van der Waals surface area contributed by atoms with Crippen LogP contribution in [0.15, 0.2) is 28.1 Å². The van der Waals surface area contributed by atoms with Gasteiger partial charge >= 0.3 is 0 Å². The van der Waals surface area contributed by atoms with Crippen LogP contribution in [0.5, 0.6) is 0 Å². The van der Waals surface area contributed by atoms with Crippen LogP contribution in [0.4, 0.5) is 0 Å². The third kappa shape index (κ3) is 2.96. The van der Waals surface area contributed by atoms with Gasteiger partial charge in [0.15, 0.2) is 12.1 Å². The van der Waals surface area contributed by atoms with Gasteiger partial charge in [0.1, 0.15) is 0 Å². The van der Waals surface area contributed by atoms with Crippen LogP contribution in [-0.4, -0.2) is 42.1 Å². The Bertz CT molecular complexity index is 592. The summed E-state index contributed by atoms with van der Waals surface area (Å²) in [5.41, 5.74) is 0.980. The lowest BCUT2D eigenvalue weighted by Crippen LogP contribution is -2.46. The molecule has 4 rings (SSSR count). The van der Waals surface area contributed by atoms with Crippen molar-refractivity contribution in [2.24, 2.45) is 0 Å². The number of hydrogen-bond donors (Lipinski definition) is 0. The number of ether oxygens (including phenoxy) is 2. The number of nitrogens with zero attached hydrogens (tertiary/aromatic N) is 2. The summed E-state index contributed by atoms with van der Waals surface area (Å²) >= 11 is 1.67. The molecule has 0 aliphatic carbocycles. The highest BCUT2D eigenvalue weighted by molar-refractivity contribution is 7.13. The molecule has 2 aromatic rings. The van der Waals surface area contributed by atoms with Crippen molar-refractivity contribution < 1.29 is 14.0 Å². The first-order chi connectivity index (χ1) is 10.9. The van der Waals surface area contributed by atoms with Gasteiger partial charge in [-0.05, 0) is 30.8 Å². The predicted molar refractivity (Wildman–Crippen MR) is 83.6 cm³/mol. The molecule has 0 aromatic carbocycles. The minimum Gasteiger partial charge on any atom is -0.355 e. The quantitative estimate of drug-likeness (QED) is 0.866. The molecule has 1 atom stereocenters. The number of thiophene rings is 1. The molecule has 0 amide bonds. The van der Waals surface area contributed by atoms with Crippen molar-refractivity contribution in [1.29, 1.82) is 0 Å². The Balaban J connectivity index is 1.46. The Labute approximate surface area is 133 Å². The van der Waals surface area contributed by atoms with E-state index in [4.69, 9.17) is 14.0 Å². The largest absolute Gasteiger partial charge is 0.355 e. The van der Waals surface area contributed by atoms with E-state index in [9.17, 15) is 0 Å². The van der Waals surface area contributed by atoms with Crippen molar-refractivity contribution in [3.05, 3.63) is 29.3 Å². The van der Waals surface area contributed by atoms with Gasteiger partial charge in [0.05, 0.1) is 29.8 Å². The highest BCUT2D eigenvalue weighted by Gasteiger charge is 2.34. The minimum atomic E-state index is -0.0797. The molecule has 0 spiro atoms. The SMILES string of the molecule is c1csc(-c2cc(CN3CCCCC3C3OCCO3)no2)c1. The maximum absolute atomic E-state index is 5.72. The molecule has 0 radical (unpaired) electrons. The second kappa shape index (κ2) is 6.50. The highest BCUT2D eigenvalue weighted by atomic mass is 32.1. The molecule has 2 saturated heterocycles. The van der Waals surface area contributed by atoms with Crippen molar-refractivity contribution in [3.63, 3.8) is 0 Å². The van der Waals surface area contributed by atoms with Gasteiger partial charge in [-0.3, -0.25) is 4.90 Å². The second-order valence-corrected chi connectivity index (χ2v) is 6.75. The Kier molecular flexibility index (Phi) is 4.25. The fourth-order valence-corrected chi connectivity index (χ4v) is 3.92. The summed E-state index contributed by atoms with van der Waals surface area (Å²) in [7, 11) is 0. The van der Waals surface area contributed by atoms with Gasteiger partial charge < -0.3 is 14.0 Å². The number of likely N-dealkylation sites (tertiary alicyclic amines) is 1. The van der Waals surface area contributed by atoms with Gasteiger partial charge in [-0.25, -0.2) is 0 Å². The Hall–Kier alpha value is -1.21. The van der Waals surface area contributed by atoms with Crippen LogP contribution in [0, 0.1) is 0 Å². The summed E-state index contributed by atoms with van der Waals surface area (Å²) in [4.78, 5) is 3.55. The van der Waals surface area contributed by atoms with Crippen molar-refractivity contribution in [3.8, 4) is 10.6 Å². The zero-order valence-electron chi connectivity index (χ0n) is 12.4. The fourth-order valence-electron chi connectivity index (χ4n) is 3.25. The Morgan fingerprint density at radius 2 is 2.18 bits per heavy atom. The van der Waals surface area contributed by atoms with Gasteiger partial charge in [-0.15, -0.1) is 11.3 Å². The first kappa shape index (κ1) is 14.4. The molecular formula is C16H20N2O3S. The Morgan fingerprint density at radius 1 is 1.27 bits per heavy atom. The number of aromatic nitrogens is 1. The number of piperidine rings is 1. The van der Waals surface area contributed by atoms with E-state index in [0.29, 0.717) is 19.3 Å². The average molecular weight is 320 g/mol. The second-order valence-electron chi connectivity index (χ2n) is 5.80. The molecule has 0 bridgehead atoms. The van der Waals surface area contributed by atoms with E-state index in [2.05, 4.69) is 16.1 Å². The van der Waals surface area contributed by atoms with Crippen molar-refractivity contribution in [1.82, 2.24) is 10.1 Å². The summed E-state index contributed by atoms with van der Waals surface area (Å²) in [6, 6.07) is 6.46. The summed E-state index contributed by atoms with van der Waals surface area (Å²) in [5, 5.41) is 6.28. The van der Waals surface area contributed by atoms with E-state index in [0.717, 1.165) is 35.8 Å². The molecule has 22 heavy (non-hydrogen) atoms. The Morgan fingerprint density at radius 3 is 3.00 bits per heavy atom. The lowest BCUT2D eigenvalue weighted by atomic mass is 10.0. The van der Waals surface area contributed by atoms with Gasteiger partial charge in [0.25, 0.3) is 0 Å². The standard InChI is InChI=1S/C16H20N2O3S/c1-2-6-18(13(4-1)16-19-7-8-20-16)11-12-10-14(21-17-12)15-5-3-9-22-15/h3,5,9-10,13,16H,1-2,4,6-8,11H2. The van der Waals surface area contributed by atoms with Crippen LogP contribution in [-0.2, 0) is 16.0 Å². The smallest absolute Gasteiger partial charge is 0.177 e. The molecule has 1 unspecified atom stereocenters. The fraction of sp³-hybridized carbons (Fsp3) is 0.562. The molecule has 2 aromatic heterocycles.